The number of hydrogen-bond donors (Lipinski definition) is 0. The van der Waals surface area contributed by atoms with Crippen LogP contribution in [0.5, 0.6) is 0 Å². The standard InChI is InChI=1S/C17H25NO3.C16H25NO3.C2H2/c1-10-16(19)11-6-12-7-13(21-15-4-2-3-5-20-15)8-14-17(12,9-11)18(10)14;1-10-16(18)11-6-12-8-14(9-13(7-11)17(10)12)20-15-4-2-3-5-19-15;1-2/h10-15H,2-9H2,1H3;10-15H,2-9H2,1H3;1-2H. The molecule has 0 aromatic heterocycles. The second-order valence-electron chi connectivity index (χ2n) is 14.9. The van der Waals surface area contributed by atoms with Crippen molar-refractivity contribution in [3.05, 3.63) is 0 Å². The van der Waals surface area contributed by atoms with Crippen molar-refractivity contribution in [1.82, 2.24) is 9.80 Å². The molecule has 8 heterocycles. The molecule has 0 aromatic rings. The lowest BCUT2D eigenvalue weighted by Crippen LogP contribution is -2.67. The maximum atomic E-state index is 12.4. The van der Waals surface area contributed by atoms with Crippen molar-refractivity contribution in [2.24, 2.45) is 17.8 Å². The molecule has 12 unspecified atom stereocenters. The zero-order chi connectivity index (χ0) is 29.9. The highest BCUT2D eigenvalue weighted by molar-refractivity contribution is 5.89. The van der Waals surface area contributed by atoms with E-state index in [9.17, 15) is 9.59 Å². The molecule has 8 heteroatoms. The molecule has 8 saturated heterocycles. The average Bonchev–Trinajstić information content (AvgIpc) is 3.55. The summed E-state index contributed by atoms with van der Waals surface area (Å²) in [6.07, 6.45) is 24.4. The molecule has 1 spiro atoms. The number of carbonyl (C=O) groups is 2. The number of nitrogens with zero attached hydrogens (tertiary/aromatic N) is 2. The molecule has 2 aliphatic carbocycles. The molecular formula is C35H52N2O6. The van der Waals surface area contributed by atoms with Crippen molar-refractivity contribution in [2.75, 3.05) is 13.2 Å². The van der Waals surface area contributed by atoms with Gasteiger partial charge in [-0.1, -0.05) is 0 Å². The van der Waals surface area contributed by atoms with E-state index in [1.54, 1.807) is 0 Å². The largest absolute Gasteiger partial charge is 0.353 e. The van der Waals surface area contributed by atoms with Gasteiger partial charge in [-0.05, 0) is 110 Å². The van der Waals surface area contributed by atoms with Gasteiger partial charge in [0.25, 0.3) is 0 Å². The number of carbonyl (C=O) groups excluding carboxylic acids is 2. The molecule has 10 fully saturated rings. The van der Waals surface area contributed by atoms with Gasteiger partial charge in [-0.15, -0.1) is 12.8 Å². The Hall–Kier alpha value is -1.34. The van der Waals surface area contributed by atoms with Gasteiger partial charge in [-0.2, -0.15) is 0 Å². The van der Waals surface area contributed by atoms with Gasteiger partial charge in [-0.3, -0.25) is 19.4 Å². The van der Waals surface area contributed by atoms with Crippen LogP contribution in [0.2, 0.25) is 0 Å². The first-order chi connectivity index (χ1) is 20.9. The predicted molar refractivity (Wildman–Crippen MR) is 161 cm³/mol. The molecule has 8 aliphatic heterocycles. The molecule has 0 N–H and O–H groups in total. The minimum Gasteiger partial charge on any atom is -0.353 e. The molecule has 0 radical (unpaired) electrons. The summed E-state index contributed by atoms with van der Waals surface area (Å²) < 4.78 is 23.9. The highest BCUT2D eigenvalue weighted by atomic mass is 16.7. The van der Waals surface area contributed by atoms with Crippen molar-refractivity contribution in [2.45, 2.75) is 164 Å². The van der Waals surface area contributed by atoms with Crippen LogP contribution in [0.15, 0.2) is 0 Å². The number of Topliss-reactive ketones (excluding diaryl/α,β-unsaturated/α-hetero) is 2. The summed E-state index contributed by atoms with van der Waals surface area (Å²) in [5.74, 6) is 2.34. The first kappa shape index (κ1) is 30.3. The summed E-state index contributed by atoms with van der Waals surface area (Å²) in [5, 5.41) is 0. The van der Waals surface area contributed by atoms with Crippen LogP contribution in [0, 0.1) is 30.6 Å². The van der Waals surface area contributed by atoms with Gasteiger partial charge in [0.05, 0.1) is 24.3 Å². The van der Waals surface area contributed by atoms with E-state index in [4.69, 9.17) is 18.9 Å². The maximum Gasteiger partial charge on any atom is 0.157 e. The normalized spacial score (nSPS) is 52.2. The van der Waals surface area contributed by atoms with Crippen LogP contribution < -0.4 is 0 Å². The summed E-state index contributed by atoms with van der Waals surface area (Å²) in [6.45, 7) is 5.92. The first-order valence-electron chi connectivity index (χ1n) is 17.4. The highest BCUT2D eigenvalue weighted by Gasteiger charge is 2.76. The molecule has 10 aliphatic rings. The molecule has 2 saturated carbocycles. The third kappa shape index (κ3) is 5.24. The molecule has 6 bridgehead atoms. The molecule has 0 aromatic carbocycles. The lowest BCUT2D eigenvalue weighted by molar-refractivity contribution is -0.213. The van der Waals surface area contributed by atoms with Gasteiger partial charge in [0.15, 0.2) is 24.1 Å². The van der Waals surface area contributed by atoms with Crippen LogP contribution in [0.25, 0.3) is 0 Å². The Bertz CT molecular complexity index is 1050. The van der Waals surface area contributed by atoms with Crippen LogP contribution in [0.3, 0.4) is 0 Å². The quantitative estimate of drug-likeness (QED) is 0.348. The molecule has 43 heavy (non-hydrogen) atoms. The number of fused-ring (bicyclic) bond motifs is 3. The summed E-state index contributed by atoms with van der Waals surface area (Å²) in [7, 11) is 0. The van der Waals surface area contributed by atoms with E-state index in [0.29, 0.717) is 65.2 Å². The zero-order valence-electron chi connectivity index (χ0n) is 26.2. The number of ether oxygens (including phenoxy) is 4. The number of piperidine rings is 5. The van der Waals surface area contributed by atoms with Crippen LogP contribution in [0.1, 0.15) is 104 Å². The van der Waals surface area contributed by atoms with Crippen molar-refractivity contribution in [3.63, 3.8) is 0 Å². The fourth-order valence-corrected chi connectivity index (χ4v) is 11.0. The Morgan fingerprint density at radius 1 is 0.721 bits per heavy atom. The van der Waals surface area contributed by atoms with Crippen molar-refractivity contribution in [3.8, 4) is 12.8 Å². The van der Waals surface area contributed by atoms with Gasteiger partial charge < -0.3 is 18.9 Å². The Morgan fingerprint density at radius 3 is 1.86 bits per heavy atom. The average molecular weight is 597 g/mol. The van der Waals surface area contributed by atoms with E-state index < -0.39 is 0 Å². The summed E-state index contributed by atoms with van der Waals surface area (Å²) in [4.78, 5) is 29.5. The van der Waals surface area contributed by atoms with Crippen molar-refractivity contribution < 1.29 is 28.5 Å². The van der Waals surface area contributed by atoms with Gasteiger partial charge in [0, 0.05) is 48.7 Å². The SMILES string of the molecule is C#C.CC1C(=O)C2CC3CC(OC4CCCCO4)CC(C2)N31.CC1C(=O)C2CC3CC(OC4CCCCO4)CC4N1C34C2. The number of terminal acetylenes is 1. The van der Waals surface area contributed by atoms with Crippen molar-refractivity contribution in [1.29, 1.82) is 0 Å². The van der Waals surface area contributed by atoms with E-state index in [0.717, 1.165) is 77.4 Å². The third-order valence-corrected chi connectivity index (χ3v) is 12.7. The second-order valence-corrected chi connectivity index (χ2v) is 14.9. The predicted octanol–water partition coefficient (Wildman–Crippen LogP) is 4.47. The lowest BCUT2D eigenvalue weighted by Gasteiger charge is -2.57. The summed E-state index contributed by atoms with van der Waals surface area (Å²) in [6, 6.07) is 2.03. The molecule has 12 atom stereocenters. The van der Waals surface area contributed by atoms with Gasteiger partial charge >= 0.3 is 0 Å². The Kier molecular flexibility index (Phi) is 8.54. The topological polar surface area (TPSA) is 77.3 Å². The number of ketones is 2. The Labute approximate surface area is 257 Å². The minimum absolute atomic E-state index is 0.0267. The fourth-order valence-electron chi connectivity index (χ4n) is 11.0. The molecule has 8 nitrogen and oxygen atoms in total. The van der Waals surface area contributed by atoms with Gasteiger partial charge in [0.2, 0.25) is 0 Å². The summed E-state index contributed by atoms with van der Waals surface area (Å²) >= 11 is 0. The van der Waals surface area contributed by atoms with Crippen LogP contribution >= 0.6 is 0 Å². The monoisotopic (exact) mass is 596 g/mol. The zero-order valence-corrected chi connectivity index (χ0v) is 26.2. The second kappa shape index (κ2) is 12.1. The molecule has 0 amide bonds. The first-order valence-corrected chi connectivity index (χ1v) is 17.4. The maximum absolute atomic E-state index is 12.4. The Balaban J connectivity index is 0.000000132. The van der Waals surface area contributed by atoms with Crippen LogP contribution in [-0.2, 0) is 28.5 Å². The van der Waals surface area contributed by atoms with Gasteiger partial charge in [0.1, 0.15) is 0 Å². The number of hydrogen-bond acceptors (Lipinski definition) is 8. The highest BCUT2D eigenvalue weighted by Crippen LogP contribution is 2.67. The lowest BCUT2D eigenvalue weighted by atomic mass is 9.69. The van der Waals surface area contributed by atoms with Crippen molar-refractivity contribution >= 4 is 11.6 Å². The van der Waals surface area contributed by atoms with Crippen LogP contribution in [-0.4, -0.2) is 95.1 Å². The molecular weight excluding hydrogens is 544 g/mol. The number of rotatable bonds is 4. The van der Waals surface area contributed by atoms with E-state index in [1.807, 2.05) is 0 Å². The minimum atomic E-state index is 0.0267. The van der Waals surface area contributed by atoms with E-state index >= 15 is 0 Å². The van der Waals surface area contributed by atoms with Crippen LogP contribution in [0.4, 0.5) is 0 Å². The third-order valence-electron chi connectivity index (χ3n) is 12.7. The summed E-state index contributed by atoms with van der Waals surface area (Å²) in [5.41, 5.74) is 0.394. The molecule has 238 valence electrons. The van der Waals surface area contributed by atoms with Gasteiger partial charge in [-0.25, -0.2) is 0 Å². The smallest absolute Gasteiger partial charge is 0.157 e. The van der Waals surface area contributed by atoms with E-state index in [2.05, 4.69) is 36.5 Å². The molecule has 10 rings (SSSR count). The van der Waals surface area contributed by atoms with E-state index in [-0.39, 0.29) is 24.7 Å². The fraction of sp³-hybridized carbons (Fsp3) is 0.886. The van der Waals surface area contributed by atoms with E-state index in [1.165, 1.54) is 25.7 Å². The Morgan fingerprint density at radius 2 is 1.30 bits per heavy atom.